The van der Waals surface area contributed by atoms with Gasteiger partial charge >= 0.3 is 0 Å². The third kappa shape index (κ3) is 3.25. The quantitative estimate of drug-likeness (QED) is 0.898. The summed E-state index contributed by atoms with van der Waals surface area (Å²) in [5.41, 5.74) is 2.53. The summed E-state index contributed by atoms with van der Waals surface area (Å²) in [6.07, 6.45) is 2.62. The maximum atomic E-state index is 6.02. The lowest BCUT2D eigenvalue weighted by Gasteiger charge is -2.33. The third-order valence-corrected chi connectivity index (χ3v) is 3.87. The Hall–Kier alpha value is -0.570. The largest absolute Gasteiger partial charge is 0.373 e. The molecule has 18 heavy (non-hydrogen) atoms. The van der Waals surface area contributed by atoms with E-state index in [4.69, 9.17) is 16.3 Å². The van der Waals surface area contributed by atoms with Gasteiger partial charge in [-0.05, 0) is 49.6 Å². The highest BCUT2D eigenvalue weighted by atomic mass is 35.5. The molecule has 2 unspecified atom stereocenters. The van der Waals surface area contributed by atoms with Crippen LogP contribution in [0.3, 0.4) is 0 Å². The van der Waals surface area contributed by atoms with E-state index in [1.807, 2.05) is 12.1 Å². The fraction of sp³-hybridized carbons (Fsp3) is 0.600. The second-order valence-corrected chi connectivity index (χ2v) is 5.44. The molecular formula is C15H22ClNO. The van der Waals surface area contributed by atoms with E-state index < -0.39 is 0 Å². The van der Waals surface area contributed by atoms with Gasteiger partial charge in [-0.2, -0.15) is 0 Å². The first kappa shape index (κ1) is 13.9. The van der Waals surface area contributed by atoms with Gasteiger partial charge in [-0.25, -0.2) is 0 Å². The number of hydrogen-bond acceptors (Lipinski definition) is 2. The summed E-state index contributed by atoms with van der Waals surface area (Å²) in [7, 11) is 0. The second kappa shape index (κ2) is 6.55. The van der Waals surface area contributed by atoms with Crippen LogP contribution in [0.15, 0.2) is 18.2 Å². The lowest BCUT2D eigenvalue weighted by molar-refractivity contribution is -0.0279. The zero-order valence-corrected chi connectivity index (χ0v) is 12.0. The van der Waals surface area contributed by atoms with Gasteiger partial charge < -0.3 is 10.1 Å². The van der Waals surface area contributed by atoms with Crippen molar-refractivity contribution in [3.05, 3.63) is 34.3 Å². The maximum Gasteiger partial charge on any atom is 0.0867 e. The van der Waals surface area contributed by atoms with Gasteiger partial charge in [0.25, 0.3) is 0 Å². The Kier molecular flexibility index (Phi) is 5.04. The zero-order valence-electron chi connectivity index (χ0n) is 11.2. The molecule has 0 aliphatic carbocycles. The van der Waals surface area contributed by atoms with Crippen LogP contribution in [0, 0.1) is 12.8 Å². The molecule has 0 spiro atoms. The molecule has 1 N–H and O–H groups in total. The summed E-state index contributed by atoms with van der Waals surface area (Å²) in [6.45, 7) is 7.18. The van der Waals surface area contributed by atoms with Crippen molar-refractivity contribution in [2.24, 2.45) is 5.92 Å². The van der Waals surface area contributed by atoms with E-state index in [0.717, 1.165) is 24.7 Å². The molecule has 100 valence electrons. The molecule has 3 heteroatoms. The molecule has 1 aromatic rings. The number of nitrogens with one attached hydrogen (secondary N) is 1. The zero-order chi connectivity index (χ0) is 13.0. The smallest absolute Gasteiger partial charge is 0.0867 e. The van der Waals surface area contributed by atoms with E-state index in [9.17, 15) is 0 Å². The van der Waals surface area contributed by atoms with Gasteiger partial charge in [0.15, 0.2) is 0 Å². The van der Waals surface area contributed by atoms with Crippen LogP contribution in [0.25, 0.3) is 0 Å². The standard InChI is InChI=1S/C15H22ClNO/c1-3-17-10-12-5-4-8-18-15(12)14-7-6-13(16)9-11(14)2/h6-7,9,12,15,17H,3-5,8,10H2,1-2H3. The Morgan fingerprint density at radius 3 is 3.00 bits per heavy atom. The number of halogens is 1. The monoisotopic (exact) mass is 267 g/mol. The fourth-order valence-corrected chi connectivity index (χ4v) is 2.91. The molecule has 0 amide bonds. The highest BCUT2D eigenvalue weighted by Crippen LogP contribution is 2.35. The van der Waals surface area contributed by atoms with Crippen LogP contribution in [0.1, 0.15) is 37.0 Å². The van der Waals surface area contributed by atoms with Gasteiger partial charge in [-0.1, -0.05) is 24.6 Å². The van der Waals surface area contributed by atoms with Crippen LogP contribution in [0.4, 0.5) is 0 Å². The van der Waals surface area contributed by atoms with Crippen LogP contribution >= 0.6 is 11.6 Å². The van der Waals surface area contributed by atoms with Gasteiger partial charge in [0.2, 0.25) is 0 Å². The Balaban J connectivity index is 2.16. The summed E-state index contributed by atoms with van der Waals surface area (Å²) in [4.78, 5) is 0. The predicted octanol–water partition coefficient (Wildman–Crippen LogP) is 3.73. The van der Waals surface area contributed by atoms with Gasteiger partial charge in [0.1, 0.15) is 0 Å². The predicted molar refractivity (Wildman–Crippen MR) is 76.1 cm³/mol. The molecule has 0 bridgehead atoms. The minimum Gasteiger partial charge on any atom is -0.373 e. The van der Waals surface area contributed by atoms with Gasteiger partial charge in [0.05, 0.1) is 6.10 Å². The van der Waals surface area contributed by atoms with Crippen LogP contribution in [0.2, 0.25) is 5.02 Å². The number of ether oxygens (including phenoxy) is 1. The Bertz CT molecular complexity index is 394. The van der Waals surface area contributed by atoms with Crippen molar-refractivity contribution in [2.75, 3.05) is 19.7 Å². The highest BCUT2D eigenvalue weighted by Gasteiger charge is 2.28. The fourth-order valence-electron chi connectivity index (χ4n) is 2.68. The highest BCUT2D eigenvalue weighted by molar-refractivity contribution is 6.30. The van der Waals surface area contributed by atoms with E-state index in [1.54, 1.807) is 0 Å². The number of rotatable bonds is 4. The molecule has 1 aromatic carbocycles. The first-order valence-electron chi connectivity index (χ1n) is 6.80. The van der Waals surface area contributed by atoms with E-state index in [1.165, 1.54) is 24.0 Å². The van der Waals surface area contributed by atoms with Crippen molar-refractivity contribution >= 4 is 11.6 Å². The molecule has 1 aliphatic rings. The number of benzene rings is 1. The summed E-state index contributed by atoms with van der Waals surface area (Å²) in [6, 6.07) is 6.11. The molecule has 0 saturated carbocycles. The molecule has 2 atom stereocenters. The Morgan fingerprint density at radius 2 is 2.28 bits per heavy atom. The SMILES string of the molecule is CCNCC1CCCOC1c1ccc(Cl)cc1C. The summed E-state index contributed by atoms with van der Waals surface area (Å²) < 4.78 is 6.01. The van der Waals surface area contributed by atoms with E-state index in [0.29, 0.717) is 5.92 Å². The van der Waals surface area contributed by atoms with Crippen LogP contribution < -0.4 is 5.32 Å². The van der Waals surface area contributed by atoms with E-state index in [-0.39, 0.29) is 6.10 Å². The molecule has 1 aliphatic heterocycles. The van der Waals surface area contributed by atoms with Crippen molar-refractivity contribution in [3.63, 3.8) is 0 Å². The van der Waals surface area contributed by atoms with Crippen LogP contribution in [0.5, 0.6) is 0 Å². The molecule has 0 aromatic heterocycles. The lowest BCUT2D eigenvalue weighted by atomic mass is 9.87. The molecule has 0 radical (unpaired) electrons. The number of aryl methyl sites for hydroxylation is 1. The first-order valence-corrected chi connectivity index (χ1v) is 7.18. The van der Waals surface area contributed by atoms with Crippen LogP contribution in [-0.4, -0.2) is 19.7 Å². The molecule has 2 nitrogen and oxygen atoms in total. The third-order valence-electron chi connectivity index (χ3n) is 3.64. The van der Waals surface area contributed by atoms with E-state index >= 15 is 0 Å². The normalized spacial score (nSPS) is 24.2. The topological polar surface area (TPSA) is 21.3 Å². The minimum atomic E-state index is 0.218. The average Bonchev–Trinajstić information content (AvgIpc) is 2.37. The van der Waals surface area contributed by atoms with Crippen molar-refractivity contribution in [1.29, 1.82) is 0 Å². The number of hydrogen-bond donors (Lipinski definition) is 1. The van der Waals surface area contributed by atoms with Gasteiger partial charge in [0, 0.05) is 24.1 Å². The Morgan fingerprint density at radius 1 is 1.44 bits per heavy atom. The summed E-state index contributed by atoms with van der Waals surface area (Å²) >= 11 is 6.02. The minimum absolute atomic E-state index is 0.218. The second-order valence-electron chi connectivity index (χ2n) is 5.00. The Labute approximate surface area is 115 Å². The van der Waals surface area contributed by atoms with E-state index in [2.05, 4.69) is 25.2 Å². The van der Waals surface area contributed by atoms with Crippen LogP contribution in [-0.2, 0) is 4.74 Å². The summed E-state index contributed by atoms with van der Waals surface area (Å²) in [5, 5.41) is 4.24. The van der Waals surface area contributed by atoms with Crippen molar-refractivity contribution in [3.8, 4) is 0 Å². The molecule has 2 rings (SSSR count). The molecule has 1 saturated heterocycles. The van der Waals surface area contributed by atoms with Gasteiger partial charge in [-0.3, -0.25) is 0 Å². The molecular weight excluding hydrogens is 246 g/mol. The van der Waals surface area contributed by atoms with Crippen molar-refractivity contribution in [2.45, 2.75) is 32.8 Å². The lowest BCUT2D eigenvalue weighted by Crippen LogP contribution is -2.32. The average molecular weight is 268 g/mol. The van der Waals surface area contributed by atoms with Gasteiger partial charge in [-0.15, -0.1) is 0 Å². The summed E-state index contributed by atoms with van der Waals surface area (Å²) in [5.74, 6) is 0.568. The molecule has 1 fully saturated rings. The first-order chi connectivity index (χ1) is 8.72. The van der Waals surface area contributed by atoms with Crippen molar-refractivity contribution in [1.82, 2.24) is 5.32 Å². The maximum absolute atomic E-state index is 6.02. The molecule has 1 heterocycles. The van der Waals surface area contributed by atoms with Crippen molar-refractivity contribution < 1.29 is 4.74 Å².